The van der Waals surface area contributed by atoms with Crippen molar-refractivity contribution in [3.05, 3.63) is 133 Å². The third-order valence-corrected chi connectivity index (χ3v) is 16.5. The largest absolute Gasteiger partial charge is 0.465 e. The van der Waals surface area contributed by atoms with Gasteiger partial charge in [-0.2, -0.15) is 5.10 Å². The molecule has 23 nitrogen and oxygen atoms in total. The maximum atomic E-state index is 14.0. The molecule has 0 bridgehead atoms. The number of nitrogens with zero attached hydrogens (tertiary/aromatic N) is 3. The van der Waals surface area contributed by atoms with Crippen molar-refractivity contribution in [3.63, 3.8) is 0 Å². The standard InChI is InChI=1S/C70H79N3O20S/c1-4-7-8-11-38-73(70-72-57-12-9-10-13-59(57)94-70)71-46-53-45-56(92-68(82)51-20-18-49(19-21-51)66(80)90-54-26-14-47(15-27-54)36-39-84-62(76)32-34-64(78)88-43-41-86-60(74)5-2)30-31-58(53)93-69(83)52-24-22-50(23-25-52)67(81)91-55-28-16-48(17-29-55)37-40-85-63(77)33-35-65(79)89-44-42-87-61(75)6-3/h5-6,9-10,12-17,26-31,45-46,49-52H,2-4,7-8,11,18-25,32-44H2,1H3/b71-46+. The van der Waals surface area contributed by atoms with E-state index in [1.807, 2.05) is 29.3 Å². The van der Waals surface area contributed by atoms with Gasteiger partial charge in [-0.05, 0) is 124 Å². The van der Waals surface area contributed by atoms with Crippen LogP contribution >= 0.6 is 11.3 Å². The van der Waals surface area contributed by atoms with Gasteiger partial charge in [0.2, 0.25) is 5.13 Å². The number of aromatic nitrogens is 1. The summed E-state index contributed by atoms with van der Waals surface area (Å²) in [6.07, 6.45) is 10.6. The lowest BCUT2D eigenvalue weighted by Gasteiger charge is -2.26. The minimum Gasteiger partial charge on any atom is -0.465 e. The Hall–Kier alpha value is -9.58. The average molecular weight is 1310 g/mol. The number of hydrogen-bond acceptors (Lipinski definition) is 24. The van der Waals surface area contributed by atoms with Crippen molar-refractivity contribution in [2.45, 2.75) is 122 Å². The van der Waals surface area contributed by atoms with Crippen LogP contribution in [0.4, 0.5) is 5.13 Å². The van der Waals surface area contributed by atoms with Crippen molar-refractivity contribution in [1.29, 1.82) is 0 Å². The Balaban J connectivity index is 0.884. The van der Waals surface area contributed by atoms with Crippen LogP contribution in [0.2, 0.25) is 0 Å². The number of benzene rings is 4. The molecule has 2 fully saturated rings. The lowest BCUT2D eigenvalue weighted by Crippen LogP contribution is -2.30. The molecule has 500 valence electrons. The van der Waals surface area contributed by atoms with E-state index in [1.165, 1.54) is 11.3 Å². The summed E-state index contributed by atoms with van der Waals surface area (Å²) < 4.78 is 54.4. The molecule has 0 amide bonds. The lowest BCUT2D eigenvalue weighted by molar-refractivity contribution is -0.152. The first-order valence-corrected chi connectivity index (χ1v) is 32.4. The summed E-state index contributed by atoms with van der Waals surface area (Å²) in [5, 5.41) is 7.43. The van der Waals surface area contributed by atoms with Crippen LogP contribution in [-0.4, -0.2) is 117 Å². The third-order valence-electron chi connectivity index (χ3n) is 15.4. The summed E-state index contributed by atoms with van der Waals surface area (Å²) in [5.74, 6) is -6.34. The van der Waals surface area contributed by atoms with Crippen LogP contribution in [0, 0.1) is 23.7 Å². The Morgan fingerprint density at radius 3 is 1.36 bits per heavy atom. The summed E-state index contributed by atoms with van der Waals surface area (Å²) in [4.78, 5) is 130. The van der Waals surface area contributed by atoms with Crippen molar-refractivity contribution in [1.82, 2.24) is 4.98 Å². The number of fused-ring (bicyclic) bond motifs is 1. The monoisotopic (exact) mass is 1310 g/mol. The number of rotatable bonds is 36. The van der Waals surface area contributed by atoms with Crippen LogP contribution < -0.4 is 24.0 Å². The van der Waals surface area contributed by atoms with Gasteiger partial charge in [0.05, 0.1) is 79.0 Å². The molecule has 1 heterocycles. The van der Waals surface area contributed by atoms with Gasteiger partial charge in [-0.1, -0.05) is 87.1 Å². The Morgan fingerprint density at radius 2 is 0.915 bits per heavy atom. The zero-order valence-corrected chi connectivity index (χ0v) is 53.5. The van der Waals surface area contributed by atoms with Crippen molar-refractivity contribution in [3.8, 4) is 23.0 Å². The van der Waals surface area contributed by atoms with Crippen LogP contribution in [0.5, 0.6) is 23.0 Å². The highest BCUT2D eigenvalue weighted by atomic mass is 32.1. The number of carbonyl (C=O) groups excluding carboxylic acids is 10. The number of esters is 10. The number of para-hydroxylation sites is 1. The highest BCUT2D eigenvalue weighted by Crippen LogP contribution is 2.36. The highest BCUT2D eigenvalue weighted by molar-refractivity contribution is 7.22. The van der Waals surface area contributed by atoms with Gasteiger partial charge in [0, 0.05) is 37.1 Å². The van der Waals surface area contributed by atoms with Crippen molar-refractivity contribution < 1.29 is 95.3 Å². The van der Waals surface area contributed by atoms with E-state index in [0.717, 1.165) is 59.2 Å². The zero-order chi connectivity index (χ0) is 67.0. The van der Waals surface area contributed by atoms with E-state index in [4.69, 9.17) is 57.5 Å². The molecule has 0 unspecified atom stereocenters. The molecule has 0 saturated heterocycles. The van der Waals surface area contributed by atoms with Crippen LogP contribution in [0.1, 0.15) is 126 Å². The Labute approximate surface area is 549 Å². The lowest BCUT2D eigenvalue weighted by atomic mass is 9.82. The molecular weight excluding hydrogens is 1230 g/mol. The molecule has 2 aliphatic carbocycles. The molecule has 0 aliphatic heterocycles. The van der Waals surface area contributed by atoms with Crippen molar-refractivity contribution >= 4 is 92.6 Å². The molecule has 2 aliphatic rings. The minimum absolute atomic E-state index is 0.0613. The molecule has 7 rings (SSSR count). The Kier molecular flexibility index (Phi) is 29.4. The third kappa shape index (κ3) is 24.5. The number of ether oxygens (including phenoxy) is 10. The molecule has 24 heteroatoms. The van der Waals surface area contributed by atoms with E-state index in [2.05, 4.69) is 20.1 Å². The van der Waals surface area contributed by atoms with Crippen LogP contribution in [0.3, 0.4) is 0 Å². The van der Waals surface area contributed by atoms with E-state index >= 15 is 0 Å². The second-order valence-electron chi connectivity index (χ2n) is 22.3. The first-order chi connectivity index (χ1) is 45.5. The SMILES string of the molecule is C=CC(=O)OCCOC(=O)CCC(=O)OCCc1ccc(OC(=O)C2CCC(C(=O)Oc3ccc(OC(=O)C4CCC(C(=O)Oc5ccc(CCOC(=O)CCC(=O)OCCOC(=O)C=C)cc5)CC4)c(/C=N/N(CCCCCC)c4nc5ccccc5s4)c3)CC2)cc1. The second kappa shape index (κ2) is 38.4. The van der Waals surface area contributed by atoms with Gasteiger partial charge in [0.25, 0.3) is 0 Å². The summed E-state index contributed by atoms with van der Waals surface area (Å²) in [6, 6.07) is 26.2. The predicted octanol–water partition coefficient (Wildman–Crippen LogP) is 10.6. The fourth-order valence-electron chi connectivity index (χ4n) is 10.1. The zero-order valence-electron chi connectivity index (χ0n) is 52.7. The quantitative estimate of drug-likeness (QED) is 0.00684. The molecule has 0 N–H and O–H groups in total. The van der Waals surface area contributed by atoms with Crippen molar-refractivity contribution in [2.75, 3.05) is 51.2 Å². The summed E-state index contributed by atoms with van der Waals surface area (Å²) in [6.45, 7) is 8.84. The number of thiazole rings is 1. The van der Waals surface area contributed by atoms with Gasteiger partial charge in [0.1, 0.15) is 49.4 Å². The fraction of sp³-hybridized carbons (Fsp3) is 0.429. The van der Waals surface area contributed by atoms with Crippen LogP contribution in [-0.2, 0) is 89.2 Å². The normalized spacial score (nSPS) is 15.9. The highest BCUT2D eigenvalue weighted by Gasteiger charge is 2.34. The first kappa shape index (κ1) is 71.9. The Morgan fingerprint density at radius 1 is 0.500 bits per heavy atom. The number of anilines is 1. The number of unbranched alkanes of at least 4 members (excludes halogenated alkanes) is 3. The van der Waals surface area contributed by atoms with E-state index in [9.17, 15) is 47.9 Å². The topological polar surface area (TPSA) is 291 Å². The predicted molar refractivity (Wildman–Crippen MR) is 343 cm³/mol. The summed E-state index contributed by atoms with van der Waals surface area (Å²) in [7, 11) is 0. The molecule has 2 saturated carbocycles. The molecule has 5 aromatic rings. The van der Waals surface area contributed by atoms with Gasteiger partial charge >= 0.3 is 59.7 Å². The number of carbonyl (C=O) groups is 10. The molecule has 0 radical (unpaired) electrons. The summed E-state index contributed by atoms with van der Waals surface area (Å²) >= 11 is 1.51. The van der Waals surface area contributed by atoms with E-state index < -0.39 is 83.4 Å². The molecule has 94 heavy (non-hydrogen) atoms. The smallest absolute Gasteiger partial charge is 0.330 e. The van der Waals surface area contributed by atoms with Gasteiger partial charge in [-0.15, -0.1) is 0 Å². The van der Waals surface area contributed by atoms with Gasteiger partial charge < -0.3 is 47.4 Å². The van der Waals surface area contributed by atoms with E-state index in [0.29, 0.717) is 92.9 Å². The Bertz CT molecular complexity index is 3400. The number of hydrogen-bond donors (Lipinski definition) is 0. The van der Waals surface area contributed by atoms with Gasteiger partial charge in [0.15, 0.2) is 0 Å². The fourth-order valence-corrected chi connectivity index (χ4v) is 11.1. The van der Waals surface area contributed by atoms with Crippen molar-refractivity contribution in [2.24, 2.45) is 28.8 Å². The van der Waals surface area contributed by atoms with E-state index in [1.54, 1.807) is 72.9 Å². The second-order valence-corrected chi connectivity index (χ2v) is 23.3. The van der Waals surface area contributed by atoms with E-state index in [-0.39, 0.29) is 76.8 Å². The van der Waals surface area contributed by atoms with Gasteiger partial charge in [-0.25, -0.2) is 19.6 Å². The number of hydrazone groups is 1. The molecule has 1 aromatic heterocycles. The molecule has 4 aromatic carbocycles. The maximum absolute atomic E-state index is 14.0. The molecule has 0 atom stereocenters. The van der Waals surface area contributed by atoms with Gasteiger partial charge in [-0.3, -0.25) is 38.4 Å². The molecular formula is C70H79N3O20S. The minimum atomic E-state index is -0.638. The maximum Gasteiger partial charge on any atom is 0.330 e. The molecule has 0 spiro atoms. The van der Waals surface area contributed by atoms with Crippen LogP contribution in [0.25, 0.3) is 10.2 Å². The average Bonchev–Trinajstić information content (AvgIpc) is 1.61. The summed E-state index contributed by atoms with van der Waals surface area (Å²) in [5.41, 5.74) is 2.85. The van der Waals surface area contributed by atoms with Crippen LogP contribution in [0.15, 0.2) is 121 Å². The first-order valence-electron chi connectivity index (χ1n) is 31.6.